The van der Waals surface area contributed by atoms with Crippen molar-refractivity contribution in [2.24, 2.45) is 0 Å². The van der Waals surface area contributed by atoms with Gasteiger partial charge in [-0.1, -0.05) is 59.9 Å². The van der Waals surface area contributed by atoms with Crippen molar-refractivity contribution >= 4 is 17.2 Å². The summed E-state index contributed by atoms with van der Waals surface area (Å²) in [7, 11) is 0. The number of nitriles is 1. The first kappa shape index (κ1) is 23.7. The normalized spacial score (nSPS) is 14.3. The fourth-order valence-electron chi connectivity index (χ4n) is 4.59. The van der Waals surface area contributed by atoms with E-state index >= 15 is 0 Å². The first-order valence-corrected chi connectivity index (χ1v) is 12.8. The Morgan fingerprint density at radius 2 is 1.92 bits per heavy atom. The number of carbonyl (C=O) groups excluding carboxylic acids is 1. The van der Waals surface area contributed by atoms with E-state index in [1.165, 1.54) is 16.9 Å². The van der Waals surface area contributed by atoms with Crippen LogP contribution < -0.4 is 10.1 Å². The monoisotopic (exact) mass is 494 g/mol. The first-order valence-electron chi connectivity index (χ1n) is 12.0. The van der Waals surface area contributed by atoms with Crippen molar-refractivity contribution in [2.45, 2.75) is 45.3 Å². The summed E-state index contributed by atoms with van der Waals surface area (Å²) in [5, 5.41) is 23.3. The van der Waals surface area contributed by atoms with Crippen molar-refractivity contribution in [1.29, 1.82) is 5.26 Å². The number of hydrogen-bond acceptors (Lipinski definition) is 6. The van der Waals surface area contributed by atoms with Crippen LogP contribution in [0.3, 0.4) is 0 Å². The Labute approximate surface area is 214 Å². The van der Waals surface area contributed by atoms with Crippen LogP contribution in [-0.2, 0) is 17.6 Å². The lowest BCUT2D eigenvalue weighted by atomic mass is 10.0. The highest BCUT2D eigenvalue weighted by Gasteiger charge is 2.27. The predicted molar refractivity (Wildman–Crippen MR) is 141 cm³/mol. The van der Waals surface area contributed by atoms with Crippen LogP contribution in [0, 0.1) is 11.3 Å². The molecule has 5 rings (SSSR count). The fourth-order valence-corrected chi connectivity index (χ4v) is 5.48. The maximum Gasteiger partial charge on any atom is 0.224 e. The number of benzene rings is 3. The zero-order chi connectivity index (χ0) is 25.1. The zero-order valence-corrected chi connectivity index (χ0v) is 21.0. The number of fused-ring (bicyclic) bond motifs is 1. The van der Waals surface area contributed by atoms with Gasteiger partial charge in [0.2, 0.25) is 5.91 Å². The molecule has 0 spiro atoms. The van der Waals surface area contributed by atoms with E-state index in [2.05, 4.69) is 33.7 Å². The van der Waals surface area contributed by atoms with E-state index in [4.69, 9.17) is 4.74 Å². The summed E-state index contributed by atoms with van der Waals surface area (Å²) in [5.41, 5.74) is 5.73. The molecule has 7 heteroatoms. The number of carbonyl (C=O) groups is 1. The van der Waals surface area contributed by atoms with Crippen molar-refractivity contribution in [3.8, 4) is 33.0 Å². The van der Waals surface area contributed by atoms with Gasteiger partial charge < -0.3 is 10.1 Å². The van der Waals surface area contributed by atoms with E-state index in [1.807, 2.05) is 62.4 Å². The Kier molecular flexibility index (Phi) is 6.79. The molecule has 3 aromatic carbocycles. The van der Waals surface area contributed by atoms with Crippen LogP contribution in [0.25, 0.3) is 21.1 Å². The van der Waals surface area contributed by atoms with Gasteiger partial charge in [-0.15, -0.1) is 10.2 Å². The molecule has 0 aliphatic heterocycles. The van der Waals surface area contributed by atoms with Gasteiger partial charge in [0.15, 0.2) is 0 Å². The van der Waals surface area contributed by atoms with Gasteiger partial charge in [-0.3, -0.25) is 4.79 Å². The Morgan fingerprint density at radius 1 is 1.11 bits per heavy atom. The van der Waals surface area contributed by atoms with Gasteiger partial charge in [0.1, 0.15) is 21.8 Å². The molecule has 0 fully saturated rings. The maximum absolute atomic E-state index is 12.7. The van der Waals surface area contributed by atoms with E-state index in [0.29, 0.717) is 17.7 Å². The van der Waals surface area contributed by atoms with Crippen molar-refractivity contribution in [3.05, 3.63) is 89.0 Å². The number of amides is 1. The topological polar surface area (TPSA) is 87.9 Å². The molecule has 0 bridgehead atoms. The number of hydrogen-bond donors (Lipinski definition) is 1. The van der Waals surface area contributed by atoms with Gasteiger partial charge in [-0.05, 0) is 61.6 Å². The zero-order valence-electron chi connectivity index (χ0n) is 20.2. The number of aromatic nitrogens is 2. The lowest BCUT2D eigenvalue weighted by molar-refractivity contribution is -0.121. The van der Waals surface area contributed by atoms with E-state index in [-0.39, 0.29) is 18.1 Å². The number of nitrogens with one attached hydrogen (secondary N) is 1. The Bertz CT molecular complexity index is 1440. The minimum Gasteiger partial charge on any atom is -0.490 e. The van der Waals surface area contributed by atoms with Gasteiger partial charge in [-0.25, -0.2) is 0 Å². The standard InChI is InChI=1S/C29H26N4O2S/c1-18(2)35-26-14-11-20(16-21(26)17-30)28-32-33-29(36-28)24-10-6-9-23-22(24)12-13-25(23)31-27(34)15-19-7-4-3-5-8-19/h3-11,14,16,18,25H,12-13,15H2,1-2H3,(H,31,34)/t25-/m0/s1. The van der Waals surface area contributed by atoms with Gasteiger partial charge >= 0.3 is 0 Å². The van der Waals surface area contributed by atoms with Crippen molar-refractivity contribution in [1.82, 2.24) is 15.5 Å². The maximum atomic E-state index is 12.7. The summed E-state index contributed by atoms with van der Waals surface area (Å²) in [5.74, 6) is 0.600. The first-order chi connectivity index (χ1) is 17.5. The summed E-state index contributed by atoms with van der Waals surface area (Å²) >= 11 is 1.50. The van der Waals surface area contributed by atoms with Gasteiger partial charge in [0.25, 0.3) is 0 Å². The molecule has 0 unspecified atom stereocenters. The summed E-state index contributed by atoms with van der Waals surface area (Å²) in [4.78, 5) is 12.7. The molecular formula is C29H26N4O2S. The van der Waals surface area contributed by atoms with E-state index in [9.17, 15) is 10.1 Å². The Morgan fingerprint density at radius 3 is 2.69 bits per heavy atom. The Balaban J connectivity index is 1.36. The third-order valence-electron chi connectivity index (χ3n) is 6.18. The van der Waals surface area contributed by atoms with Crippen LogP contribution in [-0.4, -0.2) is 22.2 Å². The third-order valence-corrected chi connectivity index (χ3v) is 7.18. The summed E-state index contributed by atoms with van der Waals surface area (Å²) in [6, 6.07) is 23.7. The second-order valence-electron chi connectivity index (χ2n) is 9.10. The average molecular weight is 495 g/mol. The molecule has 1 N–H and O–H groups in total. The molecule has 0 radical (unpaired) electrons. The molecule has 1 aromatic heterocycles. The van der Waals surface area contributed by atoms with E-state index < -0.39 is 0 Å². The lowest BCUT2D eigenvalue weighted by Gasteiger charge is -2.15. The lowest BCUT2D eigenvalue weighted by Crippen LogP contribution is -2.28. The van der Waals surface area contributed by atoms with E-state index in [0.717, 1.165) is 45.1 Å². The molecule has 0 saturated heterocycles. The smallest absolute Gasteiger partial charge is 0.224 e. The fraction of sp³-hybridized carbons (Fsp3) is 0.241. The highest BCUT2D eigenvalue weighted by atomic mass is 32.1. The van der Waals surface area contributed by atoms with Gasteiger partial charge in [-0.2, -0.15) is 5.26 Å². The highest BCUT2D eigenvalue weighted by molar-refractivity contribution is 7.17. The molecule has 180 valence electrons. The Hall–Kier alpha value is -4.02. The van der Waals surface area contributed by atoms with Gasteiger partial charge in [0.05, 0.1) is 24.1 Å². The highest BCUT2D eigenvalue weighted by Crippen LogP contribution is 2.40. The van der Waals surface area contributed by atoms with Crippen LogP contribution in [0.2, 0.25) is 0 Å². The molecule has 1 atom stereocenters. The number of nitrogens with zero attached hydrogens (tertiary/aromatic N) is 3. The summed E-state index contributed by atoms with van der Waals surface area (Å²) in [6.45, 7) is 3.87. The summed E-state index contributed by atoms with van der Waals surface area (Å²) in [6.07, 6.45) is 2.10. The molecular weight excluding hydrogens is 468 g/mol. The molecule has 1 amide bonds. The van der Waals surface area contributed by atoms with Crippen LogP contribution >= 0.6 is 11.3 Å². The minimum atomic E-state index is -0.0109. The van der Waals surface area contributed by atoms with Crippen LogP contribution in [0.15, 0.2) is 66.7 Å². The van der Waals surface area contributed by atoms with Crippen LogP contribution in [0.5, 0.6) is 5.75 Å². The number of rotatable bonds is 7. The van der Waals surface area contributed by atoms with E-state index in [1.54, 1.807) is 6.07 Å². The molecule has 0 saturated carbocycles. The quantitative estimate of drug-likeness (QED) is 0.347. The molecule has 1 aliphatic rings. The van der Waals surface area contributed by atoms with Crippen molar-refractivity contribution < 1.29 is 9.53 Å². The van der Waals surface area contributed by atoms with Gasteiger partial charge in [0, 0.05) is 11.1 Å². The average Bonchev–Trinajstić information content (AvgIpc) is 3.52. The molecule has 6 nitrogen and oxygen atoms in total. The van der Waals surface area contributed by atoms with Crippen molar-refractivity contribution in [3.63, 3.8) is 0 Å². The molecule has 4 aromatic rings. The SMILES string of the molecule is CC(C)Oc1ccc(-c2nnc(-c3cccc4c3CC[C@@H]4NC(=O)Cc3ccccc3)s2)cc1C#N. The second-order valence-corrected chi connectivity index (χ2v) is 10.1. The second kappa shape index (κ2) is 10.3. The van der Waals surface area contributed by atoms with Crippen LogP contribution in [0.1, 0.15) is 48.6 Å². The largest absolute Gasteiger partial charge is 0.490 e. The minimum absolute atomic E-state index is 0.00441. The predicted octanol–water partition coefficient (Wildman–Crippen LogP) is 5.88. The molecule has 1 heterocycles. The summed E-state index contributed by atoms with van der Waals surface area (Å²) < 4.78 is 5.74. The van der Waals surface area contributed by atoms with Crippen molar-refractivity contribution in [2.75, 3.05) is 0 Å². The molecule has 36 heavy (non-hydrogen) atoms. The molecule has 1 aliphatic carbocycles. The third kappa shape index (κ3) is 5.00. The van der Waals surface area contributed by atoms with Crippen LogP contribution in [0.4, 0.5) is 0 Å². The number of ether oxygens (including phenoxy) is 1.